The Hall–Kier alpha value is -10.3. The number of thiazole rings is 3. The fourth-order valence-electron chi connectivity index (χ4n) is 14.6. The molecular formula is C96H134N26S3. The molecule has 17 rings (SSSR count). The highest BCUT2D eigenvalue weighted by Crippen LogP contribution is 2.34. The molecule has 0 spiro atoms. The minimum Gasteiger partial charge on any atom is -0.384 e. The van der Waals surface area contributed by atoms with Gasteiger partial charge >= 0.3 is 0 Å². The third-order valence-electron chi connectivity index (χ3n) is 22.8. The molecule has 3 saturated heterocycles. The predicted octanol–water partition coefficient (Wildman–Crippen LogP) is 19.9. The van der Waals surface area contributed by atoms with Crippen molar-refractivity contribution in [1.29, 1.82) is 0 Å². The predicted molar refractivity (Wildman–Crippen MR) is 521 cm³/mol. The van der Waals surface area contributed by atoms with Crippen LogP contribution in [-0.4, -0.2) is 205 Å². The van der Waals surface area contributed by atoms with Crippen molar-refractivity contribution in [3.05, 3.63) is 177 Å². The van der Waals surface area contributed by atoms with Crippen molar-refractivity contribution in [1.82, 2.24) is 109 Å². The standard InChI is InChI=1S/C16H18N4.C16H16N4.C15H17N5.3C13H23N3S.C10H14N4/c1-10(2)12-7-13(11(3)17-8-12)14-5-6-16-15(19-14)9-18-20(16)4;1-10(2)13-7-8-18-16(20-13)12-3-5-14-11(9-12)4-6-15(17)19-14;1-9(2)11-5-6-16-12(7-11)15-17-8-13-14(18-15)10(3)19-20(13)4;1-10(2)13-14-9-12(17-13)16-7-5-15(6-8-16)11(3)4;1-10(2)12-9-17-13(14-12)16-7-5-15(6-8-16)11(3)4;1-10(2)12-9-14-13(17-12)16-7-5-15(6-8-16)11(3)4;1-6(2)10-11-5-8-9(12-10)7(3)13-14(8)4/h5-10H,1-4H3;3-10H,1-2H3,(H2,17,19);5-9H,1-4H3;3*9-11H,5-8H2,1-4H3;5-6H,1-4H3. The summed E-state index contributed by atoms with van der Waals surface area (Å²) >= 11 is 5.50. The Morgan fingerprint density at radius 3 is 1.53 bits per heavy atom. The van der Waals surface area contributed by atoms with Crippen molar-refractivity contribution in [3.63, 3.8) is 0 Å². The van der Waals surface area contributed by atoms with E-state index in [-0.39, 0.29) is 0 Å². The van der Waals surface area contributed by atoms with Crippen molar-refractivity contribution < 1.29 is 0 Å². The van der Waals surface area contributed by atoms with Crippen molar-refractivity contribution >= 4 is 99.1 Å². The van der Waals surface area contributed by atoms with Gasteiger partial charge in [0.1, 0.15) is 49.9 Å². The first kappa shape index (κ1) is 95.4. The van der Waals surface area contributed by atoms with Gasteiger partial charge in [-0.3, -0.25) is 38.7 Å². The van der Waals surface area contributed by atoms with E-state index in [1.54, 1.807) is 34.5 Å². The van der Waals surface area contributed by atoms with Gasteiger partial charge in [0.25, 0.3) is 0 Å². The average molecular weight is 1750 g/mol. The average Bonchev–Trinajstić information content (AvgIpc) is 1.63. The zero-order valence-corrected chi connectivity index (χ0v) is 81.2. The van der Waals surface area contributed by atoms with Gasteiger partial charge in [-0.1, -0.05) is 96.9 Å². The molecule has 0 aliphatic carbocycles. The van der Waals surface area contributed by atoms with Crippen LogP contribution in [0.25, 0.3) is 78.2 Å². The molecule has 0 amide bonds. The quantitative estimate of drug-likeness (QED) is 0.0941. The van der Waals surface area contributed by atoms with Crippen LogP contribution in [-0.2, 0) is 21.1 Å². The van der Waals surface area contributed by atoms with Gasteiger partial charge in [0.05, 0.1) is 63.6 Å². The summed E-state index contributed by atoms with van der Waals surface area (Å²) in [5, 5.41) is 21.2. The number of nitrogens with two attached hydrogens (primary N) is 1. The maximum Gasteiger partial charge on any atom is 0.185 e. The van der Waals surface area contributed by atoms with Crippen LogP contribution >= 0.6 is 34.0 Å². The maximum atomic E-state index is 5.69. The summed E-state index contributed by atoms with van der Waals surface area (Å²) in [5.41, 5.74) is 23.8. The fraction of sp³-hybridized carbons (Fsp3) is 0.500. The number of hydrogen-bond donors (Lipinski definition) is 1. The molecule has 3 aliphatic heterocycles. The van der Waals surface area contributed by atoms with Crippen LogP contribution in [0.1, 0.15) is 235 Å². The molecule has 666 valence electrons. The highest BCUT2D eigenvalue weighted by molar-refractivity contribution is 7.16. The Labute approximate surface area is 753 Å². The largest absolute Gasteiger partial charge is 0.384 e. The summed E-state index contributed by atoms with van der Waals surface area (Å²) in [6.45, 7) is 63.7. The molecule has 1 aromatic carbocycles. The van der Waals surface area contributed by atoms with Crippen LogP contribution in [0.15, 0.2) is 122 Å². The van der Waals surface area contributed by atoms with Gasteiger partial charge in [-0.05, 0) is 170 Å². The summed E-state index contributed by atoms with van der Waals surface area (Å²) in [7, 11) is 5.74. The molecule has 16 heterocycles. The molecule has 13 aromatic heterocycles. The molecule has 125 heavy (non-hydrogen) atoms. The highest BCUT2D eigenvalue weighted by atomic mass is 32.1. The van der Waals surface area contributed by atoms with Gasteiger partial charge in [-0.15, -0.1) is 34.0 Å². The van der Waals surface area contributed by atoms with Gasteiger partial charge < -0.3 is 20.4 Å². The number of fused-ring (bicyclic) bond motifs is 4. The number of piperazine rings is 3. The van der Waals surface area contributed by atoms with E-state index < -0.39 is 0 Å². The van der Waals surface area contributed by atoms with E-state index in [4.69, 9.17) is 15.7 Å². The van der Waals surface area contributed by atoms with Crippen LogP contribution in [0, 0.1) is 20.8 Å². The van der Waals surface area contributed by atoms with Gasteiger partial charge in [-0.2, -0.15) is 15.3 Å². The van der Waals surface area contributed by atoms with Crippen LogP contribution in [0.3, 0.4) is 0 Å². The molecule has 0 unspecified atom stereocenters. The zero-order valence-electron chi connectivity index (χ0n) is 78.8. The first-order chi connectivity index (χ1) is 59.6. The molecule has 3 fully saturated rings. The lowest BCUT2D eigenvalue weighted by Crippen LogP contribution is -2.48. The van der Waals surface area contributed by atoms with E-state index >= 15 is 0 Å². The second-order valence-electron chi connectivity index (χ2n) is 35.6. The smallest absolute Gasteiger partial charge is 0.185 e. The van der Waals surface area contributed by atoms with Crippen LogP contribution < -0.4 is 20.4 Å². The van der Waals surface area contributed by atoms with Crippen LogP contribution in [0.2, 0.25) is 0 Å². The fourth-order valence-corrected chi connectivity index (χ4v) is 17.5. The molecule has 0 bridgehead atoms. The van der Waals surface area contributed by atoms with Crippen LogP contribution in [0.5, 0.6) is 0 Å². The lowest BCUT2D eigenvalue weighted by atomic mass is 10.0. The van der Waals surface area contributed by atoms with Gasteiger partial charge in [0.2, 0.25) is 0 Å². The Morgan fingerprint density at radius 1 is 0.376 bits per heavy atom. The molecular weight excluding hydrogens is 1610 g/mol. The first-order valence-electron chi connectivity index (χ1n) is 44.5. The number of rotatable bonds is 16. The van der Waals surface area contributed by atoms with Crippen molar-refractivity contribution in [3.8, 4) is 34.2 Å². The molecule has 14 aromatic rings. The number of pyridine rings is 4. The lowest BCUT2D eigenvalue weighted by Gasteiger charge is -2.37. The third-order valence-corrected chi connectivity index (χ3v) is 26.4. The van der Waals surface area contributed by atoms with Gasteiger partial charge in [-0.25, -0.2) is 54.8 Å². The first-order valence-corrected chi connectivity index (χ1v) is 47.0. The van der Waals surface area contributed by atoms with E-state index in [1.807, 2.05) is 154 Å². The SMILES string of the molecule is CC(C)c1ccnc(-c2ccc3nc(N)ccc3c2)n1.CC(C)c1cnc(N2CCN(C(C)C)CC2)s1.CC(C)c1csc(N2CCN(C(C)C)CC2)n1.CC(C)c1ncc(N2CCN(C(C)C)CC2)s1.Cc1ncc(C(C)C)cc1-c1ccc2c(cnn2C)n1.Cc1nn(C)c2cnc(-c3cc(C(C)C)ccn3)nc12.Cc1nn(C)c2cnc(C(C)C)nc12. The zero-order chi connectivity index (χ0) is 90.2. The van der Waals surface area contributed by atoms with E-state index in [1.165, 1.54) is 55.1 Å². The Morgan fingerprint density at radius 2 is 0.968 bits per heavy atom. The summed E-state index contributed by atoms with van der Waals surface area (Å²) in [5.74, 6) is 6.16. The molecule has 0 atom stereocenters. The van der Waals surface area contributed by atoms with E-state index in [0.717, 1.165) is 166 Å². The van der Waals surface area contributed by atoms with Crippen molar-refractivity contribution in [2.45, 2.75) is 219 Å². The lowest BCUT2D eigenvalue weighted by molar-refractivity contribution is 0.209. The summed E-state index contributed by atoms with van der Waals surface area (Å²) in [6, 6.07) is 24.1. The molecule has 29 heteroatoms. The number of anilines is 4. The molecule has 0 saturated carbocycles. The van der Waals surface area contributed by atoms with Crippen molar-refractivity contribution in [2.75, 3.05) is 99.0 Å². The molecule has 2 N–H and O–H groups in total. The molecule has 26 nitrogen and oxygen atoms in total. The van der Waals surface area contributed by atoms with Gasteiger partial charge in [0.15, 0.2) is 21.9 Å². The minimum absolute atomic E-state index is 0.360. The summed E-state index contributed by atoms with van der Waals surface area (Å²) < 4.78 is 5.45. The van der Waals surface area contributed by atoms with E-state index in [9.17, 15) is 0 Å². The van der Waals surface area contributed by atoms with Gasteiger partial charge in [0, 0.05) is 193 Å². The number of nitrogen functional groups attached to an aromatic ring is 1. The Bertz CT molecular complexity index is 5590. The maximum absolute atomic E-state index is 5.69. The number of aromatic nitrogens is 19. The normalized spacial score (nSPS) is 14.2. The molecule has 3 aliphatic rings. The third kappa shape index (κ3) is 25.1. The van der Waals surface area contributed by atoms with Crippen molar-refractivity contribution in [2.24, 2.45) is 21.1 Å². The second-order valence-corrected chi connectivity index (χ2v) is 38.5. The second kappa shape index (κ2) is 43.7. The monoisotopic (exact) mass is 1750 g/mol. The number of hydrogen-bond acceptors (Lipinski definition) is 26. The highest BCUT2D eigenvalue weighted by Gasteiger charge is 2.26. The Kier molecular flexibility index (Phi) is 33.4. The van der Waals surface area contributed by atoms with E-state index in [2.05, 4.69) is 262 Å². The minimum atomic E-state index is 0.360. The number of aryl methyl sites for hydroxylation is 6. The van der Waals surface area contributed by atoms with Crippen LogP contribution in [0.4, 0.5) is 21.1 Å². The summed E-state index contributed by atoms with van der Waals surface area (Å²) in [6.07, 6.45) is 15.1. The number of benzene rings is 1. The summed E-state index contributed by atoms with van der Waals surface area (Å²) in [4.78, 5) is 74.8. The Balaban J connectivity index is 0.000000142. The number of nitrogens with zero attached hydrogens (tertiary/aromatic N) is 25. The topological polar surface area (TPSA) is 266 Å². The molecule has 0 radical (unpaired) electrons. The van der Waals surface area contributed by atoms with E-state index in [0.29, 0.717) is 71.2 Å².